The van der Waals surface area contributed by atoms with Crippen LogP contribution < -0.4 is 5.73 Å². The van der Waals surface area contributed by atoms with Crippen LogP contribution in [0.3, 0.4) is 0 Å². The summed E-state index contributed by atoms with van der Waals surface area (Å²) in [6.45, 7) is 4.11. The van der Waals surface area contributed by atoms with Crippen LogP contribution in [0.4, 0.5) is 0 Å². The minimum atomic E-state index is -0.414. The van der Waals surface area contributed by atoms with E-state index in [1.165, 1.54) is 0 Å². The number of hydrogen-bond donors (Lipinski definition) is 1. The molecule has 0 bridgehead atoms. The zero-order valence-corrected chi connectivity index (χ0v) is 9.01. The summed E-state index contributed by atoms with van der Waals surface area (Å²) < 4.78 is 1.85. The van der Waals surface area contributed by atoms with E-state index in [4.69, 9.17) is 5.73 Å². The molecule has 0 fully saturated rings. The smallest absolute Gasteiger partial charge is 0.255 e. The van der Waals surface area contributed by atoms with Crippen molar-refractivity contribution in [1.29, 1.82) is 0 Å². The van der Waals surface area contributed by atoms with Crippen molar-refractivity contribution in [2.45, 2.75) is 32.2 Å². The lowest BCUT2D eigenvalue weighted by Gasteiger charge is -2.24. The Morgan fingerprint density at radius 3 is 2.73 bits per heavy atom. The maximum Gasteiger partial charge on any atom is 0.255 e. The highest BCUT2D eigenvalue weighted by molar-refractivity contribution is 5.28. The molecule has 15 heavy (non-hydrogen) atoms. The molecule has 0 aliphatic heterocycles. The normalized spacial score (nSPS) is 12.2. The van der Waals surface area contributed by atoms with E-state index in [-0.39, 0.29) is 0 Å². The Hall–Kier alpha value is -1.49. The largest absolute Gasteiger partial charge is 0.319 e. The zero-order chi connectivity index (χ0) is 10.9. The topological polar surface area (TPSA) is 69.1 Å². The van der Waals surface area contributed by atoms with Crippen molar-refractivity contribution in [1.82, 2.24) is 19.6 Å². The van der Waals surface area contributed by atoms with Gasteiger partial charge in [-0.1, -0.05) is 13.8 Å². The van der Waals surface area contributed by atoms with E-state index in [1.54, 1.807) is 6.20 Å². The summed E-state index contributed by atoms with van der Waals surface area (Å²) >= 11 is 0. The van der Waals surface area contributed by atoms with Gasteiger partial charge in [0.2, 0.25) is 0 Å². The average molecular weight is 205 g/mol. The Kier molecular flexibility index (Phi) is 2.40. The molecule has 80 valence electrons. The lowest BCUT2D eigenvalue weighted by molar-refractivity contribution is 0.383. The molecule has 0 amide bonds. The predicted molar refractivity (Wildman–Crippen MR) is 57.2 cm³/mol. The predicted octanol–water partition coefficient (Wildman–Crippen LogP) is 1.10. The SMILES string of the molecule is CCC(N)(CC)c1nnc2ncccn12. The number of fused-ring (bicyclic) bond motifs is 1. The van der Waals surface area contributed by atoms with Gasteiger partial charge < -0.3 is 5.73 Å². The van der Waals surface area contributed by atoms with Crippen molar-refractivity contribution >= 4 is 5.78 Å². The molecule has 0 aromatic carbocycles. The number of nitrogens with two attached hydrogens (primary N) is 1. The Labute approximate surface area is 88.3 Å². The van der Waals surface area contributed by atoms with Crippen LogP contribution >= 0.6 is 0 Å². The van der Waals surface area contributed by atoms with Crippen molar-refractivity contribution in [2.24, 2.45) is 5.73 Å². The quantitative estimate of drug-likeness (QED) is 0.814. The Bertz CT molecular complexity index is 458. The monoisotopic (exact) mass is 205 g/mol. The van der Waals surface area contributed by atoms with E-state index >= 15 is 0 Å². The van der Waals surface area contributed by atoms with Gasteiger partial charge in [-0.15, -0.1) is 10.2 Å². The van der Waals surface area contributed by atoms with Crippen LogP contribution in [0.1, 0.15) is 32.5 Å². The highest BCUT2D eigenvalue weighted by Gasteiger charge is 2.28. The van der Waals surface area contributed by atoms with Gasteiger partial charge in [0.05, 0.1) is 5.54 Å². The Morgan fingerprint density at radius 1 is 1.33 bits per heavy atom. The first-order valence-electron chi connectivity index (χ1n) is 5.16. The number of nitrogens with zero attached hydrogens (tertiary/aromatic N) is 4. The molecule has 0 aliphatic rings. The molecule has 2 aromatic heterocycles. The molecule has 5 nitrogen and oxygen atoms in total. The Morgan fingerprint density at radius 2 is 2.07 bits per heavy atom. The lowest BCUT2D eigenvalue weighted by atomic mass is 9.93. The third kappa shape index (κ3) is 1.48. The number of rotatable bonds is 3. The van der Waals surface area contributed by atoms with Crippen LogP contribution in [0.5, 0.6) is 0 Å². The van der Waals surface area contributed by atoms with Crippen molar-refractivity contribution < 1.29 is 0 Å². The molecule has 2 aromatic rings. The first kappa shape index (κ1) is 10.0. The molecular formula is C10H15N5. The molecule has 2 rings (SSSR count). The molecule has 0 aliphatic carbocycles. The van der Waals surface area contributed by atoms with Crippen LogP contribution in [0.2, 0.25) is 0 Å². The minimum Gasteiger partial charge on any atom is -0.319 e. The van der Waals surface area contributed by atoms with Gasteiger partial charge in [0.25, 0.3) is 5.78 Å². The van der Waals surface area contributed by atoms with Gasteiger partial charge >= 0.3 is 0 Å². The highest BCUT2D eigenvalue weighted by Crippen LogP contribution is 2.23. The van der Waals surface area contributed by atoms with Crippen molar-refractivity contribution in [3.05, 3.63) is 24.3 Å². The Balaban J connectivity index is 2.61. The van der Waals surface area contributed by atoms with Gasteiger partial charge in [0.15, 0.2) is 5.82 Å². The second-order valence-corrected chi connectivity index (χ2v) is 3.68. The molecule has 2 N–H and O–H groups in total. The fourth-order valence-corrected chi connectivity index (χ4v) is 1.65. The van der Waals surface area contributed by atoms with Gasteiger partial charge in [-0.3, -0.25) is 4.40 Å². The van der Waals surface area contributed by atoms with E-state index < -0.39 is 5.54 Å². The standard InChI is InChI=1S/C10H15N5/c1-3-10(11,4-2)8-13-14-9-12-6-5-7-15(8)9/h5-7H,3-4,11H2,1-2H3. The summed E-state index contributed by atoms with van der Waals surface area (Å²) in [5.74, 6) is 1.39. The average Bonchev–Trinajstić information content (AvgIpc) is 2.72. The number of hydrogen-bond acceptors (Lipinski definition) is 4. The molecule has 0 saturated carbocycles. The first-order chi connectivity index (χ1) is 7.21. The summed E-state index contributed by atoms with van der Waals surface area (Å²) in [5, 5.41) is 8.14. The summed E-state index contributed by atoms with van der Waals surface area (Å²) in [7, 11) is 0. The maximum absolute atomic E-state index is 6.28. The van der Waals surface area contributed by atoms with Gasteiger partial charge in [-0.25, -0.2) is 4.98 Å². The fraction of sp³-hybridized carbons (Fsp3) is 0.500. The lowest BCUT2D eigenvalue weighted by Crippen LogP contribution is -2.37. The molecule has 0 saturated heterocycles. The van der Waals surface area contributed by atoms with Crippen LogP contribution in [0.25, 0.3) is 5.78 Å². The van der Waals surface area contributed by atoms with Crippen molar-refractivity contribution in [3.8, 4) is 0 Å². The third-order valence-corrected chi connectivity index (χ3v) is 2.90. The van der Waals surface area contributed by atoms with Gasteiger partial charge in [-0.05, 0) is 18.9 Å². The molecule has 0 spiro atoms. The first-order valence-corrected chi connectivity index (χ1v) is 5.16. The van der Waals surface area contributed by atoms with Gasteiger partial charge in [-0.2, -0.15) is 0 Å². The van der Waals surface area contributed by atoms with E-state index in [2.05, 4.69) is 29.0 Å². The highest BCUT2D eigenvalue weighted by atomic mass is 15.3. The zero-order valence-electron chi connectivity index (χ0n) is 9.01. The van der Waals surface area contributed by atoms with E-state index in [9.17, 15) is 0 Å². The summed E-state index contributed by atoms with van der Waals surface area (Å²) in [5.41, 5.74) is 5.86. The third-order valence-electron chi connectivity index (χ3n) is 2.90. The summed E-state index contributed by atoms with van der Waals surface area (Å²) in [6.07, 6.45) is 5.26. The van der Waals surface area contributed by atoms with Crippen LogP contribution in [0, 0.1) is 0 Å². The second-order valence-electron chi connectivity index (χ2n) is 3.68. The van der Waals surface area contributed by atoms with Crippen molar-refractivity contribution in [2.75, 3.05) is 0 Å². The molecule has 5 heteroatoms. The van der Waals surface area contributed by atoms with Gasteiger partial charge in [0.1, 0.15) is 0 Å². The van der Waals surface area contributed by atoms with Crippen LogP contribution in [-0.2, 0) is 5.54 Å². The minimum absolute atomic E-state index is 0.414. The van der Waals surface area contributed by atoms with E-state index in [0.717, 1.165) is 18.7 Å². The molecule has 0 atom stereocenters. The fourth-order valence-electron chi connectivity index (χ4n) is 1.65. The van der Waals surface area contributed by atoms with E-state index in [1.807, 2.05) is 16.7 Å². The van der Waals surface area contributed by atoms with Crippen LogP contribution in [0.15, 0.2) is 18.5 Å². The maximum atomic E-state index is 6.28. The molecule has 2 heterocycles. The summed E-state index contributed by atoms with van der Waals surface area (Å²) in [4.78, 5) is 4.12. The number of aromatic nitrogens is 4. The molecule has 0 unspecified atom stereocenters. The molecule has 0 radical (unpaired) electrons. The molecular weight excluding hydrogens is 190 g/mol. The van der Waals surface area contributed by atoms with Crippen LogP contribution in [-0.4, -0.2) is 19.6 Å². The van der Waals surface area contributed by atoms with Crippen molar-refractivity contribution in [3.63, 3.8) is 0 Å². The second kappa shape index (κ2) is 3.58. The summed E-state index contributed by atoms with van der Waals surface area (Å²) in [6, 6.07) is 1.85. The van der Waals surface area contributed by atoms with E-state index in [0.29, 0.717) is 5.78 Å². The van der Waals surface area contributed by atoms with Gasteiger partial charge in [0, 0.05) is 12.4 Å².